The fraction of sp³-hybridized carbons (Fsp3) is 0. The average molecular weight is 329 g/mol. The highest BCUT2D eigenvalue weighted by atomic mass is 35.5. The lowest BCUT2D eigenvalue weighted by Crippen LogP contribution is -2.23. The van der Waals surface area contributed by atoms with E-state index in [2.05, 4.69) is 0 Å². The van der Waals surface area contributed by atoms with Crippen LogP contribution in [0.15, 0.2) is 47.4 Å². The van der Waals surface area contributed by atoms with Crippen LogP contribution in [-0.4, -0.2) is 14.4 Å². The van der Waals surface area contributed by atoms with Crippen molar-refractivity contribution in [1.29, 1.82) is 0 Å². The quantitative estimate of drug-likeness (QED) is 0.924. The Morgan fingerprint density at radius 3 is 2.52 bits per heavy atom. The Bertz CT molecular complexity index is 808. The van der Waals surface area contributed by atoms with Crippen LogP contribution in [0, 0.1) is 5.82 Å². The summed E-state index contributed by atoms with van der Waals surface area (Å²) < 4.78 is 39.8. The molecular weight excluding hydrogens is 321 g/mol. The molecule has 0 atom stereocenters. The van der Waals surface area contributed by atoms with Crippen LogP contribution in [0.25, 0.3) is 0 Å². The minimum atomic E-state index is -4.13. The Hall–Kier alpha value is -2.12. The predicted molar refractivity (Wildman–Crippen MR) is 73.0 cm³/mol. The topological polar surface area (TPSA) is 86.3 Å². The zero-order valence-electron chi connectivity index (χ0n) is 10.3. The summed E-state index contributed by atoms with van der Waals surface area (Å²) in [4.78, 5) is 10.4. The minimum absolute atomic E-state index is 0.120. The molecule has 0 radical (unpaired) electrons. The molecular formula is C13H8ClFNO4S-. The fourth-order valence-electron chi connectivity index (χ4n) is 1.57. The molecule has 0 saturated heterocycles. The number of carboxylic acid groups (broad SMARTS) is 1. The van der Waals surface area contributed by atoms with Gasteiger partial charge in [0.15, 0.2) is 0 Å². The van der Waals surface area contributed by atoms with Crippen LogP contribution in [-0.2, 0) is 10.0 Å². The average Bonchev–Trinajstić information content (AvgIpc) is 2.42. The molecule has 0 aliphatic heterocycles. The van der Waals surface area contributed by atoms with Gasteiger partial charge in [0.1, 0.15) is 5.82 Å². The van der Waals surface area contributed by atoms with Crippen LogP contribution in [0.3, 0.4) is 0 Å². The van der Waals surface area contributed by atoms with Gasteiger partial charge in [-0.3, -0.25) is 4.72 Å². The number of nitrogens with one attached hydrogen (secondary N) is 1. The van der Waals surface area contributed by atoms with Crippen LogP contribution < -0.4 is 9.83 Å². The molecule has 110 valence electrons. The number of anilines is 1. The number of halogens is 2. The molecule has 21 heavy (non-hydrogen) atoms. The molecule has 0 spiro atoms. The lowest BCUT2D eigenvalue weighted by atomic mass is 10.2. The predicted octanol–water partition coefficient (Wildman–Crippen LogP) is 1.64. The summed E-state index contributed by atoms with van der Waals surface area (Å²) >= 11 is 5.57. The molecule has 0 fully saturated rings. The van der Waals surface area contributed by atoms with Gasteiger partial charge in [-0.2, -0.15) is 0 Å². The first-order chi connectivity index (χ1) is 9.79. The number of carbonyl (C=O) groups is 1. The molecule has 0 heterocycles. The van der Waals surface area contributed by atoms with Crippen molar-refractivity contribution >= 4 is 33.3 Å². The summed E-state index contributed by atoms with van der Waals surface area (Å²) in [6.07, 6.45) is 0. The summed E-state index contributed by atoms with van der Waals surface area (Å²) in [6, 6.07) is 7.98. The number of benzene rings is 2. The molecule has 0 saturated carbocycles. The van der Waals surface area contributed by atoms with Crippen LogP contribution >= 0.6 is 11.6 Å². The van der Waals surface area contributed by atoms with Crippen molar-refractivity contribution in [2.45, 2.75) is 4.90 Å². The second-order valence-corrected chi connectivity index (χ2v) is 6.16. The van der Waals surface area contributed by atoms with Gasteiger partial charge in [-0.25, -0.2) is 12.8 Å². The van der Waals surface area contributed by atoms with Crippen molar-refractivity contribution in [3.05, 3.63) is 58.9 Å². The highest BCUT2D eigenvalue weighted by molar-refractivity contribution is 7.92. The Labute approximate surface area is 125 Å². The number of rotatable bonds is 4. The molecule has 0 aliphatic rings. The first-order valence-electron chi connectivity index (χ1n) is 5.59. The van der Waals surface area contributed by atoms with Crippen molar-refractivity contribution < 1.29 is 22.7 Å². The molecule has 5 nitrogen and oxygen atoms in total. The standard InChI is InChI=1S/C13H9ClFNO4S/c14-9-4-5-12(11(15)7-9)16-21(19,20)10-3-1-2-8(6-10)13(17)18/h1-7,16H,(H,17,18)/p-1. The van der Waals surface area contributed by atoms with Gasteiger partial charge >= 0.3 is 0 Å². The summed E-state index contributed by atoms with van der Waals surface area (Å²) in [5.41, 5.74) is -0.590. The fourth-order valence-corrected chi connectivity index (χ4v) is 2.84. The molecule has 2 aromatic rings. The van der Waals surface area contributed by atoms with Gasteiger partial charge in [-0.05, 0) is 35.9 Å². The van der Waals surface area contributed by atoms with Crippen molar-refractivity contribution in [3.63, 3.8) is 0 Å². The Morgan fingerprint density at radius 1 is 1.19 bits per heavy atom. The first-order valence-corrected chi connectivity index (χ1v) is 7.45. The Kier molecular flexibility index (Phi) is 4.15. The van der Waals surface area contributed by atoms with E-state index in [4.69, 9.17) is 11.6 Å². The highest BCUT2D eigenvalue weighted by Gasteiger charge is 2.17. The molecule has 0 bridgehead atoms. The third-order valence-electron chi connectivity index (χ3n) is 2.56. The van der Waals surface area contributed by atoms with E-state index in [0.29, 0.717) is 0 Å². The molecule has 0 aromatic heterocycles. The monoisotopic (exact) mass is 328 g/mol. The molecule has 8 heteroatoms. The Balaban J connectivity index is 2.38. The number of sulfonamides is 1. The van der Waals surface area contributed by atoms with Gasteiger partial charge in [0.2, 0.25) is 0 Å². The van der Waals surface area contributed by atoms with E-state index in [9.17, 15) is 22.7 Å². The molecule has 0 aliphatic carbocycles. The maximum Gasteiger partial charge on any atom is 0.262 e. The number of aromatic carboxylic acids is 1. The van der Waals surface area contributed by atoms with Crippen LogP contribution in [0.1, 0.15) is 10.4 Å². The zero-order chi connectivity index (χ0) is 15.6. The molecule has 0 amide bonds. The van der Waals surface area contributed by atoms with E-state index in [-0.39, 0.29) is 21.2 Å². The second kappa shape index (κ2) is 5.71. The van der Waals surface area contributed by atoms with Crippen LogP contribution in [0.5, 0.6) is 0 Å². The lowest BCUT2D eigenvalue weighted by Gasteiger charge is -2.10. The minimum Gasteiger partial charge on any atom is -0.545 e. The highest BCUT2D eigenvalue weighted by Crippen LogP contribution is 2.22. The normalized spacial score (nSPS) is 11.1. The summed E-state index contributed by atoms with van der Waals surface area (Å²) in [7, 11) is -4.13. The van der Waals surface area contributed by atoms with E-state index in [0.717, 1.165) is 18.2 Å². The SMILES string of the molecule is O=C([O-])c1cccc(S(=O)(=O)Nc2ccc(Cl)cc2F)c1. The van der Waals surface area contributed by atoms with Crippen molar-refractivity contribution in [1.82, 2.24) is 0 Å². The van der Waals surface area contributed by atoms with Gasteiger partial charge < -0.3 is 9.90 Å². The zero-order valence-corrected chi connectivity index (χ0v) is 11.9. The first kappa shape index (κ1) is 15.3. The van der Waals surface area contributed by atoms with Gasteiger partial charge in [0.05, 0.1) is 16.6 Å². The van der Waals surface area contributed by atoms with Gasteiger partial charge in [-0.15, -0.1) is 0 Å². The summed E-state index contributed by atoms with van der Waals surface area (Å²) in [5, 5.41) is 10.8. The van der Waals surface area contributed by atoms with Gasteiger partial charge in [0.25, 0.3) is 10.0 Å². The number of hydrogen-bond donors (Lipinski definition) is 1. The molecule has 2 aromatic carbocycles. The van der Waals surface area contributed by atoms with Gasteiger partial charge in [0, 0.05) is 5.02 Å². The van der Waals surface area contributed by atoms with E-state index in [1.165, 1.54) is 24.3 Å². The molecule has 0 unspecified atom stereocenters. The smallest absolute Gasteiger partial charge is 0.262 e. The van der Waals surface area contributed by atoms with Crippen LogP contribution in [0.2, 0.25) is 5.02 Å². The third-order valence-corrected chi connectivity index (χ3v) is 4.15. The van der Waals surface area contributed by atoms with Crippen molar-refractivity contribution in [2.24, 2.45) is 0 Å². The van der Waals surface area contributed by atoms with E-state index < -0.39 is 21.8 Å². The number of carboxylic acids is 1. The van der Waals surface area contributed by atoms with E-state index in [1.807, 2.05) is 4.72 Å². The lowest BCUT2D eigenvalue weighted by molar-refractivity contribution is -0.255. The van der Waals surface area contributed by atoms with Gasteiger partial charge in [-0.1, -0.05) is 23.7 Å². The van der Waals surface area contributed by atoms with Crippen molar-refractivity contribution in [2.75, 3.05) is 4.72 Å². The summed E-state index contributed by atoms with van der Waals surface area (Å²) in [6.45, 7) is 0. The third kappa shape index (κ3) is 3.50. The number of hydrogen-bond acceptors (Lipinski definition) is 4. The maximum absolute atomic E-state index is 13.6. The van der Waals surface area contributed by atoms with E-state index >= 15 is 0 Å². The summed E-state index contributed by atoms with van der Waals surface area (Å²) in [5.74, 6) is -2.35. The van der Waals surface area contributed by atoms with E-state index in [1.54, 1.807) is 0 Å². The number of carbonyl (C=O) groups excluding carboxylic acids is 1. The maximum atomic E-state index is 13.6. The molecule has 2 rings (SSSR count). The second-order valence-electron chi connectivity index (χ2n) is 4.04. The molecule has 1 N–H and O–H groups in total. The largest absolute Gasteiger partial charge is 0.545 e. The Morgan fingerprint density at radius 2 is 1.90 bits per heavy atom. The van der Waals surface area contributed by atoms with Crippen molar-refractivity contribution in [3.8, 4) is 0 Å². The van der Waals surface area contributed by atoms with Crippen LogP contribution in [0.4, 0.5) is 10.1 Å².